The fourth-order valence-corrected chi connectivity index (χ4v) is 1.28. The van der Waals surface area contributed by atoms with Gasteiger partial charge >= 0.3 is 0 Å². The molecule has 0 aliphatic rings. The van der Waals surface area contributed by atoms with Gasteiger partial charge in [-0.15, -0.1) is 0 Å². The molecule has 0 atom stereocenters. The van der Waals surface area contributed by atoms with Gasteiger partial charge in [0, 0.05) is 0 Å². The van der Waals surface area contributed by atoms with Crippen molar-refractivity contribution in [2.75, 3.05) is 13.2 Å². The van der Waals surface area contributed by atoms with E-state index in [0.29, 0.717) is 13.2 Å². The molecule has 0 spiro atoms. The summed E-state index contributed by atoms with van der Waals surface area (Å²) in [5.74, 6) is 1.53. The lowest BCUT2D eigenvalue weighted by molar-refractivity contribution is 0.287. The van der Waals surface area contributed by atoms with Crippen molar-refractivity contribution in [2.45, 2.75) is 13.8 Å². The van der Waals surface area contributed by atoms with Gasteiger partial charge in [-0.3, -0.25) is 0 Å². The third-order valence-electron chi connectivity index (χ3n) is 1.86. The van der Waals surface area contributed by atoms with Gasteiger partial charge < -0.3 is 15.2 Å². The Labute approximate surface area is 90.5 Å². The predicted molar refractivity (Wildman–Crippen MR) is 62.0 cm³/mol. The molecule has 3 heteroatoms. The van der Waals surface area contributed by atoms with E-state index in [0.717, 1.165) is 17.1 Å². The van der Waals surface area contributed by atoms with Gasteiger partial charge in [-0.2, -0.15) is 0 Å². The largest absolute Gasteiger partial charge is 0.490 e. The summed E-state index contributed by atoms with van der Waals surface area (Å²) in [6.45, 7) is 5.15. The van der Waals surface area contributed by atoms with E-state index in [1.807, 2.05) is 38.1 Å². The minimum Gasteiger partial charge on any atom is -0.490 e. The van der Waals surface area contributed by atoms with E-state index in [-0.39, 0.29) is 0 Å². The van der Waals surface area contributed by atoms with Gasteiger partial charge in [0.05, 0.1) is 13.2 Å². The van der Waals surface area contributed by atoms with E-state index in [1.165, 1.54) is 6.20 Å². The topological polar surface area (TPSA) is 44.5 Å². The second-order valence-corrected chi connectivity index (χ2v) is 2.93. The molecule has 1 aromatic rings. The zero-order chi connectivity index (χ0) is 11.1. The monoisotopic (exact) mass is 207 g/mol. The molecule has 82 valence electrons. The van der Waals surface area contributed by atoms with Crippen molar-refractivity contribution in [1.82, 2.24) is 0 Å². The molecule has 0 amide bonds. The summed E-state index contributed by atoms with van der Waals surface area (Å²) >= 11 is 0. The average molecular weight is 207 g/mol. The third-order valence-corrected chi connectivity index (χ3v) is 1.86. The summed E-state index contributed by atoms with van der Waals surface area (Å²) in [5, 5.41) is 0. The van der Waals surface area contributed by atoms with Crippen molar-refractivity contribution in [2.24, 2.45) is 5.73 Å². The Hall–Kier alpha value is -1.64. The third kappa shape index (κ3) is 3.20. The molecule has 0 saturated heterocycles. The second-order valence-electron chi connectivity index (χ2n) is 2.93. The van der Waals surface area contributed by atoms with Crippen molar-refractivity contribution >= 4 is 6.08 Å². The lowest BCUT2D eigenvalue weighted by Gasteiger charge is -2.11. The van der Waals surface area contributed by atoms with Crippen LogP contribution in [0.25, 0.3) is 6.08 Å². The molecule has 0 aromatic heterocycles. The van der Waals surface area contributed by atoms with E-state index in [4.69, 9.17) is 15.2 Å². The molecule has 0 radical (unpaired) electrons. The van der Waals surface area contributed by atoms with Crippen molar-refractivity contribution in [3.63, 3.8) is 0 Å². The highest BCUT2D eigenvalue weighted by Crippen LogP contribution is 2.28. The van der Waals surface area contributed by atoms with Gasteiger partial charge in [0.1, 0.15) is 0 Å². The Balaban J connectivity index is 2.97. The highest BCUT2D eigenvalue weighted by Gasteiger charge is 2.04. The molecule has 15 heavy (non-hydrogen) atoms. The summed E-state index contributed by atoms with van der Waals surface area (Å²) in [7, 11) is 0. The quantitative estimate of drug-likeness (QED) is 0.806. The standard InChI is InChI=1S/C12H17NO2/c1-3-14-11-6-5-10(7-8-13)9-12(11)15-4-2/h5-9H,3-4,13H2,1-2H3. The fourth-order valence-electron chi connectivity index (χ4n) is 1.28. The average Bonchev–Trinajstić information content (AvgIpc) is 2.23. The van der Waals surface area contributed by atoms with Gasteiger partial charge in [0.25, 0.3) is 0 Å². The van der Waals surface area contributed by atoms with E-state index >= 15 is 0 Å². The van der Waals surface area contributed by atoms with Crippen molar-refractivity contribution in [1.29, 1.82) is 0 Å². The summed E-state index contributed by atoms with van der Waals surface area (Å²) in [6.07, 6.45) is 3.32. The van der Waals surface area contributed by atoms with Crippen LogP contribution in [0, 0.1) is 0 Å². The minimum atomic E-state index is 0.621. The Kier molecular flexibility index (Phi) is 4.54. The molecule has 1 rings (SSSR count). The van der Waals surface area contributed by atoms with Gasteiger partial charge in [-0.1, -0.05) is 6.07 Å². The maximum absolute atomic E-state index is 5.48. The number of benzene rings is 1. The van der Waals surface area contributed by atoms with Gasteiger partial charge in [-0.25, -0.2) is 0 Å². The summed E-state index contributed by atoms with van der Waals surface area (Å²) in [4.78, 5) is 0. The molecule has 0 fully saturated rings. The van der Waals surface area contributed by atoms with Crippen LogP contribution in [0.4, 0.5) is 0 Å². The molecule has 0 bridgehead atoms. The zero-order valence-corrected chi connectivity index (χ0v) is 9.19. The van der Waals surface area contributed by atoms with Gasteiger partial charge in [0.15, 0.2) is 11.5 Å². The summed E-state index contributed by atoms with van der Waals surface area (Å²) < 4.78 is 10.9. The molecular weight excluding hydrogens is 190 g/mol. The Bertz CT molecular complexity index is 334. The molecule has 0 aliphatic carbocycles. The molecular formula is C12H17NO2. The normalized spacial score (nSPS) is 10.5. The minimum absolute atomic E-state index is 0.621. The maximum Gasteiger partial charge on any atom is 0.161 e. The number of hydrogen-bond donors (Lipinski definition) is 1. The Morgan fingerprint density at radius 3 is 2.40 bits per heavy atom. The number of nitrogens with two attached hydrogens (primary N) is 1. The Morgan fingerprint density at radius 1 is 1.13 bits per heavy atom. The van der Waals surface area contributed by atoms with E-state index in [9.17, 15) is 0 Å². The van der Waals surface area contributed by atoms with Gasteiger partial charge in [0.2, 0.25) is 0 Å². The highest BCUT2D eigenvalue weighted by molar-refractivity contribution is 5.55. The van der Waals surface area contributed by atoms with Crippen LogP contribution < -0.4 is 15.2 Å². The van der Waals surface area contributed by atoms with Crippen molar-refractivity contribution < 1.29 is 9.47 Å². The van der Waals surface area contributed by atoms with Crippen LogP contribution in [-0.2, 0) is 0 Å². The molecule has 1 aromatic carbocycles. The van der Waals surface area contributed by atoms with Crippen molar-refractivity contribution in [3.8, 4) is 11.5 Å². The second kappa shape index (κ2) is 5.96. The number of hydrogen-bond acceptors (Lipinski definition) is 3. The van der Waals surface area contributed by atoms with E-state index in [2.05, 4.69) is 0 Å². The maximum atomic E-state index is 5.48. The molecule has 0 aliphatic heterocycles. The molecule has 2 N–H and O–H groups in total. The highest BCUT2D eigenvalue weighted by atomic mass is 16.5. The van der Waals surface area contributed by atoms with E-state index < -0.39 is 0 Å². The van der Waals surface area contributed by atoms with Gasteiger partial charge in [-0.05, 0) is 43.8 Å². The van der Waals surface area contributed by atoms with Crippen LogP contribution in [0.2, 0.25) is 0 Å². The first kappa shape index (κ1) is 11.4. The van der Waals surface area contributed by atoms with Crippen LogP contribution in [0.15, 0.2) is 24.4 Å². The first-order valence-corrected chi connectivity index (χ1v) is 5.09. The molecule has 0 saturated carbocycles. The summed E-state index contributed by atoms with van der Waals surface area (Å²) in [5.41, 5.74) is 6.33. The zero-order valence-electron chi connectivity index (χ0n) is 9.19. The fraction of sp³-hybridized carbons (Fsp3) is 0.333. The molecule has 0 heterocycles. The SMILES string of the molecule is CCOc1ccc(C=CN)cc1OCC. The predicted octanol–water partition coefficient (Wildman–Crippen LogP) is 2.41. The molecule has 3 nitrogen and oxygen atoms in total. The Morgan fingerprint density at radius 2 is 1.80 bits per heavy atom. The molecule has 0 unspecified atom stereocenters. The van der Waals surface area contributed by atoms with Crippen LogP contribution in [0.3, 0.4) is 0 Å². The summed E-state index contributed by atoms with van der Waals surface area (Å²) in [6, 6.07) is 5.75. The van der Waals surface area contributed by atoms with Crippen LogP contribution in [-0.4, -0.2) is 13.2 Å². The number of ether oxygens (including phenoxy) is 2. The van der Waals surface area contributed by atoms with Crippen LogP contribution in [0.5, 0.6) is 11.5 Å². The first-order valence-electron chi connectivity index (χ1n) is 5.09. The lowest BCUT2D eigenvalue weighted by Crippen LogP contribution is -1.98. The number of rotatable bonds is 5. The lowest BCUT2D eigenvalue weighted by atomic mass is 10.2. The smallest absolute Gasteiger partial charge is 0.161 e. The van der Waals surface area contributed by atoms with Crippen molar-refractivity contribution in [3.05, 3.63) is 30.0 Å². The first-order chi connectivity index (χ1) is 7.31. The van der Waals surface area contributed by atoms with E-state index in [1.54, 1.807) is 0 Å². The van der Waals surface area contributed by atoms with Crippen LogP contribution in [0.1, 0.15) is 19.4 Å². The van der Waals surface area contributed by atoms with Crippen LogP contribution >= 0.6 is 0 Å².